The Morgan fingerprint density at radius 2 is 1.59 bits per heavy atom. The number of hydrogen-bond donors (Lipinski definition) is 0. The van der Waals surface area contributed by atoms with Crippen molar-refractivity contribution in [3.63, 3.8) is 0 Å². The zero-order valence-electron chi connectivity index (χ0n) is 14.8. The maximum absolute atomic E-state index is 9.64. The van der Waals surface area contributed by atoms with E-state index in [1.807, 2.05) is 60.8 Å². The van der Waals surface area contributed by atoms with Gasteiger partial charge in [0.15, 0.2) is 0 Å². The van der Waals surface area contributed by atoms with E-state index in [1.54, 1.807) is 0 Å². The monoisotopic (exact) mass is 374 g/mol. The molecule has 0 saturated carbocycles. The highest BCUT2D eigenvalue weighted by Crippen LogP contribution is 2.27. The number of piperazine rings is 1. The molecule has 0 radical (unpaired) electrons. The summed E-state index contributed by atoms with van der Waals surface area (Å²) in [5.41, 5.74) is 3.79. The Bertz CT molecular complexity index is 973. The van der Waals surface area contributed by atoms with Gasteiger partial charge in [-0.25, -0.2) is 4.98 Å². The first kappa shape index (κ1) is 17.4. The first-order chi connectivity index (χ1) is 13.2. The number of anilines is 2. The van der Waals surface area contributed by atoms with E-state index in [0.29, 0.717) is 5.56 Å². The van der Waals surface area contributed by atoms with Crippen molar-refractivity contribution in [1.82, 2.24) is 4.98 Å². The maximum atomic E-state index is 9.64. The molecule has 134 valence electrons. The van der Waals surface area contributed by atoms with E-state index in [-0.39, 0.29) is 0 Å². The SMILES string of the molecule is N#Cc1cc(-c2ccccc2)cnc1N1CCN(c2cccc(Cl)c2)CC1. The van der Waals surface area contributed by atoms with Gasteiger partial charge in [0.2, 0.25) is 0 Å². The summed E-state index contributed by atoms with van der Waals surface area (Å²) in [5.74, 6) is 0.767. The van der Waals surface area contributed by atoms with E-state index in [1.165, 1.54) is 0 Å². The van der Waals surface area contributed by atoms with Gasteiger partial charge in [0.1, 0.15) is 11.9 Å². The number of aromatic nitrogens is 1. The van der Waals surface area contributed by atoms with Crippen LogP contribution in [0.15, 0.2) is 66.9 Å². The van der Waals surface area contributed by atoms with Crippen molar-refractivity contribution in [3.05, 3.63) is 77.4 Å². The molecule has 1 aromatic heterocycles. The summed E-state index contributed by atoms with van der Waals surface area (Å²) >= 11 is 6.11. The van der Waals surface area contributed by atoms with Crippen molar-refractivity contribution in [1.29, 1.82) is 5.26 Å². The molecule has 4 rings (SSSR count). The smallest absolute Gasteiger partial charge is 0.146 e. The third-order valence-corrected chi connectivity index (χ3v) is 5.08. The molecule has 0 unspecified atom stereocenters. The van der Waals surface area contributed by atoms with Gasteiger partial charge in [-0.15, -0.1) is 0 Å². The summed E-state index contributed by atoms with van der Waals surface area (Å²) in [4.78, 5) is 9.13. The molecule has 3 aromatic rings. The average molecular weight is 375 g/mol. The minimum atomic E-state index is 0.618. The van der Waals surface area contributed by atoms with Crippen molar-refractivity contribution in [2.75, 3.05) is 36.0 Å². The van der Waals surface area contributed by atoms with Gasteiger partial charge in [-0.1, -0.05) is 48.0 Å². The van der Waals surface area contributed by atoms with Crippen molar-refractivity contribution >= 4 is 23.1 Å². The fourth-order valence-corrected chi connectivity index (χ4v) is 3.61. The van der Waals surface area contributed by atoms with Gasteiger partial charge in [-0.05, 0) is 29.8 Å². The molecule has 1 fully saturated rings. The molecule has 1 saturated heterocycles. The number of nitriles is 1. The van der Waals surface area contributed by atoms with E-state index in [0.717, 1.165) is 53.8 Å². The zero-order chi connectivity index (χ0) is 18.6. The van der Waals surface area contributed by atoms with Gasteiger partial charge in [0.05, 0.1) is 5.56 Å². The second-order valence-electron chi connectivity index (χ2n) is 6.53. The van der Waals surface area contributed by atoms with E-state index >= 15 is 0 Å². The molecule has 0 atom stereocenters. The van der Waals surface area contributed by atoms with Gasteiger partial charge in [0.25, 0.3) is 0 Å². The van der Waals surface area contributed by atoms with Crippen molar-refractivity contribution in [2.24, 2.45) is 0 Å². The molecule has 1 aliphatic rings. The van der Waals surface area contributed by atoms with Gasteiger partial charge < -0.3 is 9.80 Å². The van der Waals surface area contributed by atoms with Crippen LogP contribution in [0.2, 0.25) is 5.02 Å². The number of halogens is 1. The molecule has 2 heterocycles. The number of hydrogen-bond acceptors (Lipinski definition) is 4. The lowest BCUT2D eigenvalue weighted by Crippen LogP contribution is -2.47. The summed E-state index contributed by atoms with van der Waals surface area (Å²) in [6.45, 7) is 3.37. The predicted octanol–water partition coefficient (Wildman–Crippen LogP) is 4.60. The van der Waals surface area contributed by atoms with E-state index in [9.17, 15) is 5.26 Å². The third-order valence-electron chi connectivity index (χ3n) is 4.85. The third kappa shape index (κ3) is 3.74. The quantitative estimate of drug-likeness (QED) is 0.672. The second-order valence-corrected chi connectivity index (χ2v) is 6.96. The Labute approximate surface area is 164 Å². The van der Waals surface area contributed by atoms with Crippen LogP contribution < -0.4 is 9.80 Å². The van der Waals surface area contributed by atoms with Crippen molar-refractivity contribution in [3.8, 4) is 17.2 Å². The molecule has 0 amide bonds. The molecule has 0 aliphatic carbocycles. The number of pyridine rings is 1. The molecule has 5 heteroatoms. The Balaban J connectivity index is 1.52. The first-order valence-corrected chi connectivity index (χ1v) is 9.33. The van der Waals surface area contributed by atoms with Gasteiger partial charge in [0, 0.05) is 48.6 Å². The number of nitrogens with zero attached hydrogens (tertiary/aromatic N) is 4. The summed E-state index contributed by atoms with van der Waals surface area (Å²) < 4.78 is 0. The van der Waals surface area contributed by atoms with E-state index < -0.39 is 0 Å². The Morgan fingerprint density at radius 1 is 0.852 bits per heavy atom. The lowest BCUT2D eigenvalue weighted by molar-refractivity contribution is 0.647. The zero-order valence-corrected chi connectivity index (χ0v) is 15.6. The molecule has 2 aromatic carbocycles. The second kappa shape index (κ2) is 7.69. The Kier molecular flexibility index (Phi) is 4.95. The fourth-order valence-electron chi connectivity index (χ4n) is 3.43. The largest absolute Gasteiger partial charge is 0.368 e. The Hall–Kier alpha value is -3.03. The molecule has 27 heavy (non-hydrogen) atoms. The van der Waals surface area contributed by atoms with Crippen LogP contribution in [0.1, 0.15) is 5.56 Å². The van der Waals surface area contributed by atoms with Crippen LogP contribution in [-0.2, 0) is 0 Å². The molecule has 0 spiro atoms. The fraction of sp³-hybridized carbons (Fsp3) is 0.182. The average Bonchev–Trinajstić information content (AvgIpc) is 2.74. The van der Waals surface area contributed by atoms with Crippen LogP contribution in [0.25, 0.3) is 11.1 Å². The maximum Gasteiger partial charge on any atom is 0.146 e. The van der Waals surface area contributed by atoms with Crippen LogP contribution in [0.4, 0.5) is 11.5 Å². The Morgan fingerprint density at radius 3 is 2.30 bits per heavy atom. The van der Waals surface area contributed by atoms with Gasteiger partial charge >= 0.3 is 0 Å². The highest BCUT2D eigenvalue weighted by Gasteiger charge is 2.21. The minimum Gasteiger partial charge on any atom is -0.368 e. The normalized spacial score (nSPS) is 14.1. The molecular formula is C22H19ClN4. The van der Waals surface area contributed by atoms with Crippen LogP contribution >= 0.6 is 11.6 Å². The van der Waals surface area contributed by atoms with Gasteiger partial charge in [-0.3, -0.25) is 0 Å². The van der Waals surface area contributed by atoms with Crippen LogP contribution in [0, 0.1) is 11.3 Å². The van der Waals surface area contributed by atoms with Crippen molar-refractivity contribution in [2.45, 2.75) is 0 Å². The highest BCUT2D eigenvalue weighted by atomic mass is 35.5. The van der Waals surface area contributed by atoms with Crippen LogP contribution in [0.5, 0.6) is 0 Å². The lowest BCUT2D eigenvalue weighted by Gasteiger charge is -2.37. The van der Waals surface area contributed by atoms with E-state index in [4.69, 9.17) is 11.6 Å². The summed E-state index contributed by atoms with van der Waals surface area (Å²) in [6.07, 6.45) is 1.86. The standard InChI is InChI=1S/C22H19ClN4/c23-20-7-4-8-21(14-20)26-9-11-27(12-10-26)22-18(15-24)13-19(16-25-22)17-5-2-1-3-6-17/h1-8,13-14,16H,9-12H2. The van der Waals surface area contributed by atoms with E-state index in [2.05, 4.69) is 26.9 Å². The minimum absolute atomic E-state index is 0.618. The van der Waals surface area contributed by atoms with Gasteiger partial charge in [-0.2, -0.15) is 5.26 Å². The van der Waals surface area contributed by atoms with Crippen LogP contribution in [-0.4, -0.2) is 31.2 Å². The predicted molar refractivity (Wildman–Crippen MR) is 110 cm³/mol. The van der Waals surface area contributed by atoms with Crippen LogP contribution in [0.3, 0.4) is 0 Å². The summed E-state index contributed by atoms with van der Waals surface area (Å²) in [5, 5.41) is 10.4. The molecule has 0 bridgehead atoms. The highest BCUT2D eigenvalue weighted by molar-refractivity contribution is 6.30. The number of benzene rings is 2. The topological polar surface area (TPSA) is 43.2 Å². The first-order valence-electron chi connectivity index (χ1n) is 8.95. The number of rotatable bonds is 3. The molecule has 0 N–H and O–H groups in total. The molecule has 4 nitrogen and oxygen atoms in total. The summed E-state index contributed by atoms with van der Waals surface area (Å²) in [6, 6.07) is 22.2. The molecule has 1 aliphatic heterocycles. The summed E-state index contributed by atoms with van der Waals surface area (Å²) in [7, 11) is 0. The molecular weight excluding hydrogens is 356 g/mol. The lowest BCUT2D eigenvalue weighted by atomic mass is 10.1. The van der Waals surface area contributed by atoms with Crippen molar-refractivity contribution < 1.29 is 0 Å².